The van der Waals surface area contributed by atoms with Crippen LogP contribution in [0.2, 0.25) is 0 Å². The Bertz CT molecular complexity index is 973. The average Bonchev–Trinajstić information content (AvgIpc) is 3.21. The van der Waals surface area contributed by atoms with Gasteiger partial charge >= 0.3 is 18.2 Å². The normalized spacial score (nSPS) is 21.9. The summed E-state index contributed by atoms with van der Waals surface area (Å²) in [7, 11) is 0. The van der Waals surface area contributed by atoms with Gasteiger partial charge in [-0.2, -0.15) is 13.2 Å². The van der Waals surface area contributed by atoms with Gasteiger partial charge in [-0.25, -0.2) is 4.79 Å². The number of carbonyl (C=O) groups is 2. The van der Waals surface area contributed by atoms with Crippen molar-refractivity contribution in [3.63, 3.8) is 0 Å². The molecule has 37 heavy (non-hydrogen) atoms. The number of anilines is 1. The van der Waals surface area contributed by atoms with Gasteiger partial charge in [0.1, 0.15) is 0 Å². The van der Waals surface area contributed by atoms with Gasteiger partial charge in [0.15, 0.2) is 6.10 Å². The van der Waals surface area contributed by atoms with Gasteiger partial charge < -0.3 is 19.6 Å². The minimum absolute atomic E-state index is 0.0204. The molecule has 0 bridgehead atoms. The van der Waals surface area contributed by atoms with Crippen molar-refractivity contribution in [3.05, 3.63) is 29.3 Å². The lowest BCUT2D eigenvalue weighted by Crippen LogP contribution is -2.53. The molecule has 1 atom stereocenters. The fraction of sp³-hybridized carbons (Fsp3) is 0.692. The average molecular weight is 527 g/mol. The zero-order chi connectivity index (χ0) is 26.8. The number of hydrogen-bond donors (Lipinski definition) is 1. The van der Waals surface area contributed by atoms with Crippen molar-refractivity contribution in [2.45, 2.75) is 63.9 Å². The predicted molar refractivity (Wildman–Crippen MR) is 133 cm³/mol. The van der Waals surface area contributed by atoms with Crippen LogP contribution in [0.5, 0.6) is 0 Å². The molecule has 3 aliphatic rings. The third kappa shape index (κ3) is 6.49. The molecule has 3 aliphatic heterocycles. The molecule has 0 radical (unpaired) electrons. The minimum Gasteiger partial charge on any atom is -0.480 e. The van der Waals surface area contributed by atoms with Gasteiger partial charge in [-0.15, -0.1) is 0 Å². The van der Waals surface area contributed by atoms with E-state index in [1.54, 1.807) is 0 Å². The second-order valence-corrected chi connectivity index (χ2v) is 10.6. The number of carbonyl (C=O) groups excluding carboxylic acids is 1. The number of aliphatic carboxylic acids is 1. The maximum atomic E-state index is 12.7. The summed E-state index contributed by atoms with van der Waals surface area (Å²) < 4.78 is 42.8. The first-order chi connectivity index (χ1) is 17.5. The van der Waals surface area contributed by atoms with Crippen molar-refractivity contribution in [3.8, 4) is 0 Å². The molecule has 3 heterocycles. The number of alkyl halides is 3. The monoisotopic (exact) mass is 526 g/mol. The SMILES string of the molecule is Cc1ccc(CN2CCN(C(=O)OC(C)C(F)(F)F)CC2)c(N2CCC3(CCCN3CC(=O)O)CC2)c1. The van der Waals surface area contributed by atoms with Crippen molar-refractivity contribution in [1.82, 2.24) is 14.7 Å². The molecule has 1 N–H and O–H groups in total. The second-order valence-electron chi connectivity index (χ2n) is 10.6. The number of nitrogens with zero attached hydrogens (tertiary/aromatic N) is 4. The highest BCUT2D eigenvalue weighted by Gasteiger charge is 2.44. The fourth-order valence-electron chi connectivity index (χ4n) is 5.86. The highest BCUT2D eigenvalue weighted by molar-refractivity contribution is 5.69. The zero-order valence-electron chi connectivity index (χ0n) is 21.6. The maximum absolute atomic E-state index is 12.7. The first-order valence-corrected chi connectivity index (χ1v) is 13.0. The Morgan fingerprint density at radius 2 is 1.73 bits per heavy atom. The molecule has 1 aromatic rings. The van der Waals surface area contributed by atoms with E-state index in [0.717, 1.165) is 52.2 Å². The number of amides is 1. The van der Waals surface area contributed by atoms with Crippen molar-refractivity contribution >= 4 is 17.7 Å². The molecule has 3 fully saturated rings. The van der Waals surface area contributed by atoms with E-state index in [-0.39, 0.29) is 12.1 Å². The number of benzene rings is 1. The maximum Gasteiger partial charge on any atom is 0.425 e. The number of hydrogen-bond acceptors (Lipinski definition) is 6. The minimum atomic E-state index is -4.57. The number of rotatable bonds is 6. The smallest absolute Gasteiger partial charge is 0.425 e. The Morgan fingerprint density at radius 3 is 2.35 bits per heavy atom. The van der Waals surface area contributed by atoms with Gasteiger partial charge in [-0.3, -0.25) is 14.6 Å². The molecule has 0 saturated carbocycles. The van der Waals surface area contributed by atoms with E-state index in [4.69, 9.17) is 0 Å². The molecule has 4 rings (SSSR count). The van der Waals surface area contributed by atoms with Crippen molar-refractivity contribution in [2.24, 2.45) is 0 Å². The third-order valence-electron chi connectivity index (χ3n) is 8.11. The van der Waals surface area contributed by atoms with Crippen LogP contribution in [-0.2, 0) is 16.1 Å². The molecule has 206 valence electrons. The van der Waals surface area contributed by atoms with Gasteiger partial charge in [-0.05, 0) is 63.3 Å². The zero-order valence-corrected chi connectivity index (χ0v) is 21.6. The number of carboxylic acid groups (broad SMARTS) is 1. The van der Waals surface area contributed by atoms with E-state index in [1.165, 1.54) is 21.7 Å². The molecule has 8 nitrogen and oxygen atoms in total. The van der Waals surface area contributed by atoms with E-state index in [1.807, 2.05) is 0 Å². The first-order valence-electron chi connectivity index (χ1n) is 13.0. The van der Waals surface area contributed by atoms with E-state index >= 15 is 0 Å². The molecule has 11 heteroatoms. The van der Waals surface area contributed by atoms with Crippen LogP contribution < -0.4 is 4.90 Å². The van der Waals surface area contributed by atoms with Crippen molar-refractivity contribution in [1.29, 1.82) is 0 Å². The first kappa shape index (κ1) is 27.5. The van der Waals surface area contributed by atoms with Gasteiger partial charge in [0.25, 0.3) is 0 Å². The molecule has 1 amide bonds. The predicted octanol–water partition coefficient (Wildman–Crippen LogP) is 3.72. The third-order valence-corrected chi connectivity index (χ3v) is 8.11. The highest BCUT2D eigenvalue weighted by atomic mass is 19.4. The van der Waals surface area contributed by atoms with Crippen LogP contribution in [0.4, 0.5) is 23.7 Å². The molecule has 1 aromatic carbocycles. The molecular weight excluding hydrogens is 489 g/mol. The second kappa shape index (κ2) is 11.1. The summed E-state index contributed by atoms with van der Waals surface area (Å²) in [5.74, 6) is -0.770. The van der Waals surface area contributed by atoms with Gasteiger partial charge in [0, 0.05) is 57.0 Å². The van der Waals surface area contributed by atoms with E-state index in [9.17, 15) is 27.9 Å². The Kier molecular flexibility index (Phi) is 8.23. The summed E-state index contributed by atoms with van der Waals surface area (Å²) in [5, 5.41) is 9.33. The Hall–Kier alpha value is -2.53. The number of piperazine rings is 1. The lowest BCUT2D eigenvalue weighted by atomic mass is 9.84. The van der Waals surface area contributed by atoms with Crippen LogP contribution in [0.15, 0.2) is 18.2 Å². The van der Waals surface area contributed by atoms with Gasteiger partial charge in [0.2, 0.25) is 0 Å². The number of halogens is 3. The largest absolute Gasteiger partial charge is 0.480 e. The van der Waals surface area contributed by atoms with E-state index in [0.29, 0.717) is 32.7 Å². The lowest BCUT2D eigenvalue weighted by molar-refractivity contribution is -0.200. The number of carboxylic acids is 1. The molecular formula is C26H37F3N4O4. The highest BCUT2D eigenvalue weighted by Crippen LogP contribution is 2.40. The molecule has 0 aromatic heterocycles. The molecule has 3 saturated heterocycles. The summed E-state index contributed by atoms with van der Waals surface area (Å²) in [4.78, 5) is 31.6. The summed E-state index contributed by atoms with van der Waals surface area (Å²) in [5.41, 5.74) is 3.50. The standard InChI is InChI=1S/C26H37F3N4O4/c1-19-4-5-21(17-30-12-14-32(15-13-30)24(36)37-20(2)26(27,28)29)22(16-19)31-10-7-25(8-11-31)6-3-9-33(25)18-23(34)35/h4-5,16,20H,3,6-15,17-18H2,1-2H3,(H,34,35). The topological polar surface area (TPSA) is 76.6 Å². The lowest BCUT2D eigenvalue weighted by Gasteiger charge is -2.46. The molecule has 0 aliphatic carbocycles. The van der Waals surface area contributed by atoms with Crippen LogP contribution >= 0.6 is 0 Å². The van der Waals surface area contributed by atoms with Crippen molar-refractivity contribution < 1.29 is 32.6 Å². The number of likely N-dealkylation sites (tertiary alicyclic amines) is 1. The number of piperidine rings is 1. The van der Waals surface area contributed by atoms with E-state index < -0.39 is 24.3 Å². The van der Waals surface area contributed by atoms with Crippen LogP contribution in [0.25, 0.3) is 0 Å². The van der Waals surface area contributed by atoms with Crippen LogP contribution in [0.1, 0.15) is 43.7 Å². The quantitative estimate of drug-likeness (QED) is 0.606. The van der Waals surface area contributed by atoms with E-state index in [2.05, 4.69) is 44.6 Å². The molecule has 1 spiro atoms. The summed E-state index contributed by atoms with van der Waals surface area (Å²) in [6, 6.07) is 6.41. The Balaban J connectivity index is 1.35. The summed E-state index contributed by atoms with van der Waals surface area (Å²) in [6.07, 6.45) is -3.67. The Labute approximate surface area is 215 Å². The Morgan fingerprint density at radius 1 is 1.05 bits per heavy atom. The fourth-order valence-corrected chi connectivity index (χ4v) is 5.86. The number of ether oxygens (including phenoxy) is 1. The van der Waals surface area contributed by atoms with Crippen LogP contribution in [-0.4, -0.2) is 102 Å². The van der Waals surface area contributed by atoms with Crippen LogP contribution in [0.3, 0.4) is 0 Å². The summed E-state index contributed by atoms with van der Waals surface area (Å²) >= 11 is 0. The molecule has 1 unspecified atom stereocenters. The van der Waals surface area contributed by atoms with Gasteiger partial charge in [-0.1, -0.05) is 12.1 Å². The van der Waals surface area contributed by atoms with Crippen LogP contribution in [0, 0.1) is 6.92 Å². The van der Waals surface area contributed by atoms with Crippen molar-refractivity contribution in [2.75, 3.05) is 57.3 Å². The number of aryl methyl sites for hydroxylation is 1. The van der Waals surface area contributed by atoms with Gasteiger partial charge in [0.05, 0.1) is 6.54 Å². The summed E-state index contributed by atoms with van der Waals surface area (Å²) in [6.45, 7) is 8.00.